The summed E-state index contributed by atoms with van der Waals surface area (Å²) in [5.41, 5.74) is 0.809. The molecule has 1 aromatic rings. The summed E-state index contributed by atoms with van der Waals surface area (Å²) in [5, 5.41) is 9.53. The SMILES string of the molecule is CCCC[C@@H](CC)CN1C(=O)/C(=C/c2cccc(O)c2)SC1=S. The van der Waals surface area contributed by atoms with Crippen LogP contribution in [0, 0.1) is 5.92 Å². The first kappa shape index (κ1) is 18.0. The molecular formula is C18H23NO2S2. The summed E-state index contributed by atoms with van der Waals surface area (Å²) >= 11 is 6.74. The number of unbranched alkanes of at least 4 members (excludes halogenated alkanes) is 1. The first-order valence-electron chi connectivity index (χ1n) is 8.09. The van der Waals surface area contributed by atoms with Crippen LogP contribution in [0.3, 0.4) is 0 Å². The van der Waals surface area contributed by atoms with Crippen molar-refractivity contribution < 1.29 is 9.90 Å². The number of thiocarbonyl (C=S) groups is 1. The van der Waals surface area contributed by atoms with Gasteiger partial charge >= 0.3 is 0 Å². The van der Waals surface area contributed by atoms with E-state index in [1.807, 2.05) is 6.07 Å². The Morgan fingerprint density at radius 2 is 2.17 bits per heavy atom. The van der Waals surface area contributed by atoms with Gasteiger partial charge in [-0.2, -0.15) is 0 Å². The average Bonchev–Trinajstić information content (AvgIpc) is 2.78. The lowest BCUT2D eigenvalue weighted by atomic mass is 9.99. The number of thioether (sulfide) groups is 1. The molecule has 1 fully saturated rings. The second-order valence-electron chi connectivity index (χ2n) is 5.80. The van der Waals surface area contributed by atoms with Crippen molar-refractivity contribution in [3.8, 4) is 5.75 Å². The quantitative estimate of drug-likeness (QED) is 0.566. The second kappa shape index (κ2) is 8.50. The van der Waals surface area contributed by atoms with E-state index in [9.17, 15) is 9.90 Å². The molecule has 1 aromatic carbocycles. The highest BCUT2D eigenvalue weighted by Crippen LogP contribution is 2.34. The van der Waals surface area contributed by atoms with Crippen molar-refractivity contribution in [1.29, 1.82) is 0 Å². The van der Waals surface area contributed by atoms with Crippen molar-refractivity contribution in [2.75, 3.05) is 6.54 Å². The van der Waals surface area contributed by atoms with Crippen LogP contribution in [0.25, 0.3) is 6.08 Å². The van der Waals surface area contributed by atoms with Crippen molar-refractivity contribution in [1.82, 2.24) is 4.90 Å². The standard InChI is InChI=1S/C18H23NO2S2/c1-3-5-7-13(4-2)12-19-17(21)16(23-18(19)22)11-14-8-6-9-15(20)10-14/h6,8-11,13,20H,3-5,7,12H2,1-2H3/b16-11-/t13-/m1/s1. The Morgan fingerprint density at radius 1 is 1.39 bits per heavy atom. The molecule has 1 atom stereocenters. The normalized spacial score (nSPS) is 18.0. The Labute approximate surface area is 147 Å². The molecule has 5 heteroatoms. The molecule has 1 N–H and O–H groups in total. The van der Waals surface area contributed by atoms with Crippen LogP contribution in [0.5, 0.6) is 5.75 Å². The fourth-order valence-electron chi connectivity index (χ4n) is 2.60. The Kier molecular flexibility index (Phi) is 6.66. The minimum absolute atomic E-state index is 0.0155. The highest BCUT2D eigenvalue weighted by Gasteiger charge is 2.33. The number of hydrogen-bond donors (Lipinski definition) is 1. The lowest BCUT2D eigenvalue weighted by Gasteiger charge is -2.21. The van der Waals surface area contributed by atoms with E-state index in [4.69, 9.17) is 12.2 Å². The zero-order chi connectivity index (χ0) is 16.8. The molecule has 0 radical (unpaired) electrons. The maximum atomic E-state index is 12.6. The molecule has 0 aromatic heterocycles. The molecule has 1 aliphatic rings. The summed E-state index contributed by atoms with van der Waals surface area (Å²) in [7, 11) is 0. The van der Waals surface area contributed by atoms with Gasteiger partial charge in [0.15, 0.2) is 0 Å². The van der Waals surface area contributed by atoms with Gasteiger partial charge < -0.3 is 5.11 Å². The smallest absolute Gasteiger partial charge is 0.266 e. The largest absolute Gasteiger partial charge is 0.508 e. The molecule has 2 rings (SSSR count). The Morgan fingerprint density at radius 3 is 2.83 bits per heavy atom. The van der Waals surface area contributed by atoms with Crippen LogP contribution in [-0.2, 0) is 4.79 Å². The number of carbonyl (C=O) groups is 1. The number of nitrogens with zero attached hydrogens (tertiary/aromatic N) is 1. The maximum Gasteiger partial charge on any atom is 0.266 e. The molecule has 0 bridgehead atoms. The van der Waals surface area contributed by atoms with Crippen LogP contribution in [0.4, 0.5) is 0 Å². The summed E-state index contributed by atoms with van der Waals surface area (Å²) in [6.45, 7) is 5.06. The van der Waals surface area contributed by atoms with Crippen molar-refractivity contribution in [2.24, 2.45) is 5.92 Å². The van der Waals surface area contributed by atoms with Crippen LogP contribution in [-0.4, -0.2) is 26.8 Å². The maximum absolute atomic E-state index is 12.6. The topological polar surface area (TPSA) is 40.5 Å². The van der Waals surface area contributed by atoms with E-state index < -0.39 is 0 Å². The first-order valence-corrected chi connectivity index (χ1v) is 9.32. The second-order valence-corrected chi connectivity index (χ2v) is 7.48. The van der Waals surface area contributed by atoms with Gasteiger partial charge in [-0.1, -0.05) is 69.2 Å². The predicted molar refractivity (Wildman–Crippen MR) is 101 cm³/mol. The molecule has 1 saturated heterocycles. The third-order valence-corrected chi connectivity index (χ3v) is 5.40. The van der Waals surface area contributed by atoms with Gasteiger partial charge in [-0.3, -0.25) is 9.69 Å². The molecular weight excluding hydrogens is 326 g/mol. The fourth-order valence-corrected chi connectivity index (χ4v) is 3.87. The number of carbonyl (C=O) groups excluding carboxylic acids is 1. The van der Waals surface area contributed by atoms with Crippen molar-refractivity contribution in [2.45, 2.75) is 39.5 Å². The number of hydrogen-bond acceptors (Lipinski definition) is 4. The van der Waals surface area contributed by atoms with Gasteiger partial charge in [0.25, 0.3) is 5.91 Å². The van der Waals surface area contributed by atoms with Gasteiger partial charge in [-0.15, -0.1) is 0 Å². The molecule has 1 heterocycles. The fraction of sp³-hybridized carbons (Fsp3) is 0.444. The highest BCUT2D eigenvalue weighted by atomic mass is 32.2. The highest BCUT2D eigenvalue weighted by molar-refractivity contribution is 8.26. The lowest BCUT2D eigenvalue weighted by Crippen LogP contribution is -2.33. The number of phenols is 1. The zero-order valence-corrected chi connectivity index (χ0v) is 15.3. The Bertz CT molecular complexity index is 613. The van der Waals surface area contributed by atoms with Crippen molar-refractivity contribution in [3.05, 3.63) is 34.7 Å². The van der Waals surface area contributed by atoms with E-state index in [0.717, 1.165) is 18.4 Å². The molecule has 1 amide bonds. The van der Waals surface area contributed by atoms with Gasteiger partial charge in [0.2, 0.25) is 0 Å². The Balaban J connectivity index is 2.10. The number of rotatable bonds is 7. The third-order valence-electron chi connectivity index (χ3n) is 4.03. The van der Waals surface area contributed by atoms with Gasteiger partial charge in [-0.05, 0) is 36.1 Å². The number of aromatic hydroxyl groups is 1. The van der Waals surface area contributed by atoms with E-state index in [1.165, 1.54) is 24.6 Å². The average molecular weight is 350 g/mol. The minimum Gasteiger partial charge on any atom is -0.508 e. The summed E-state index contributed by atoms with van der Waals surface area (Å²) in [6.07, 6.45) is 6.35. The van der Waals surface area contributed by atoms with Crippen LogP contribution >= 0.6 is 24.0 Å². The summed E-state index contributed by atoms with van der Waals surface area (Å²) in [4.78, 5) is 15.0. The number of amides is 1. The third kappa shape index (κ3) is 4.82. The van der Waals surface area contributed by atoms with Crippen molar-refractivity contribution >= 4 is 40.3 Å². The number of phenolic OH excluding ortho intramolecular Hbond substituents is 1. The van der Waals surface area contributed by atoms with Gasteiger partial charge in [0.1, 0.15) is 10.1 Å². The summed E-state index contributed by atoms with van der Waals surface area (Å²) in [5.74, 6) is 0.677. The molecule has 1 aliphatic heterocycles. The van der Waals surface area contributed by atoms with E-state index in [1.54, 1.807) is 29.2 Å². The van der Waals surface area contributed by atoms with Crippen LogP contribution in [0.2, 0.25) is 0 Å². The molecule has 0 unspecified atom stereocenters. The zero-order valence-electron chi connectivity index (χ0n) is 13.6. The predicted octanol–water partition coefficient (Wildman–Crippen LogP) is 4.81. The molecule has 0 saturated carbocycles. The van der Waals surface area contributed by atoms with Crippen LogP contribution < -0.4 is 0 Å². The van der Waals surface area contributed by atoms with Crippen LogP contribution in [0.1, 0.15) is 45.1 Å². The van der Waals surface area contributed by atoms with Crippen molar-refractivity contribution in [3.63, 3.8) is 0 Å². The summed E-state index contributed by atoms with van der Waals surface area (Å²) in [6, 6.07) is 6.88. The molecule has 23 heavy (non-hydrogen) atoms. The monoisotopic (exact) mass is 349 g/mol. The van der Waals surface area contributed by atoms with E-state index in [2.05, 4.69) is 13.8 Å². The molecule has 0 spiro atoms. The van der Waals surface area contributed by atoms with Gasteiger partial charge in [-0.25, -0.2) is 0 Å². The van der Waals surface area contributed by atoms with Gasteiger partial charge in [0.05, 0.1) is 4.91 Å². The molecule has 124 valence electrons. The molecule has 0 aliphatic carbocycles. The van der Waals surface area contributed by atoms with E-state index in [0.29, 0.717) is 21.7 Å². The number of benzene rings is 1. The minimum atomic E-state index is -0.0155. The van der Waals surface area contributed by atoms with E-state index >= 15 is 0 Å². The Hall–Kier alpha value is -1.33. The van der Waals surface area contributed by atoms with E-state index in [-0.39, 0.29) is 11.7 Å². The lowest BCUT2D eigenvalue weighted by molar-refractivity contribution is -0.122. The summed E-state index contributed by atoms with van der Waals surface area (Å²) < 4.78 is 0.636. The first-order chi connectivity index (χ1) is 11.0. The van der Waals surface area contributed by atoms with Gasteiger partial charge in [0, 0.05) is 6.54 Å². The van der Waals surface area contributed by atoms with Crippen LogP contribution in [0.15, 0.2) is 29.2 Å². The molecule has 3 nitrogen and oxygen atoms in total.